The van der Waals surface area contributed by atoms with Gasteiger partial charge in [0.1, 0.15) is 11.7 Å². The summed E-state index contributed by atoms with van der Waals surface area (Å²) >= 11 is 5.90. The number of likely N-dealkylation sites (N-methyl/N-ethyl adjacent to an activating group) is 1. The number of rotatable bonds is 2. The maximum absolute atomic E-state index is 12.3. The highest BCUT2D eigenvalue weighted by molar-refractivity contribution is 6.28. The molecule has 3 rings (SSSR count). The Labute approximate surface area is 116 Å². The van der Waals surface area contributed by atoms with E-state index in [2.05, 4.69) is 15.3 Å². The van der Waals surface area contributed by atoms with Gasteiger partial charge in [0.2, 0.25) is 11.2 Å². The molecular formula is C12H15ClN4O2. The summed E-state index contributed by atoms with van der Waals surface area (Å²) in [6, 6.07) is -0.379. The summed E-state index contributed by atoms with van der Waals surface area (Å²) in [5, 5.41) is 3.05. The fourth-order valence-corrected chi connectivity index (χ4v) is 2.93. The molecule has 1 aliphatic carbocycles. The van der Waals surface area contributed by atoms with Crippen LogP contribution in [0, 0.1) is 6.92 Å². The van der Waals surface area contributed by atoms with Crippen molar-refractivity contribution in [3.05, 3.63) is 11.0 Å². The lowest BCUT2D eigenvalue weighted by molar-refractivity contribution is -0.121. The maximum Gasteiger partial charge on any atom is 0.250 e. The molecule has 0 bridgehead atoms. The number of carbonyl (C=O) groups is 1. The monoisotopic (exact) mass is 282 g/mol. The molecule has 102 valence electrons. The smallest absolute Gasteiger partial charge is 0.250 e. The quantitative estimate of drug-likeness (QED) is 0.830. The zero-order valence-corrected chi connectivity index (χ0v) is 11.8. The predicted octanol–water partition coefficient (Wildman–Crippen LogP) is 1.37. The van der Waals surface area contributed by atoms with Crippen LogP contribution in [0.15, 0.2) is 0 Å². The van der Waals surface area contributed by atoms with Gasteiger partial charge in [-0.2, -0.15) is 4.98 Å². The van der Waals surface area contributed by atoms with Crippen LogP contribution in [0.5, 0.6) is 0 Å². The Morgan fingerprint density at radius 3 is 2.74 bits per heavy atom. The van der Waals surface area contributed by atoms with Gasteiger partial charge in [0.15, 0.2) is 5.82 Å². The highest BCUT2D eigenvalue weighted by Gasteiger charge is 2.57. The minimum atomic E-state index is -0.401. The standard InChI is InChI=1S/C12H15ClN4O2/c1-6-7-9(16-11(13)14-6)17(2)8(10(18)15-7)12(19-3)4-5-12/h8H,4-5H2,1-3H3,(H,15,18)/t8-/m1/s1. The van der Waals surface area contributed by atoms with Crippen LogP contribution in [0.25, 0.3) is 0 Å². The maximum atomic E-state index is 12.3. The van der Waals surface area contributed by atoms with Crippen molar-refractivity contribution in [2.75, 3.05) is 24.4 Å². The molecule has 2 aliphatic rings. The number of halogens is 1. The third-order valence-corrected chi connectivity index (χ3v) is 4.08. The number of amides is 1. The van der Waals surface area contributed by atoms with Crippen LogP contribution in [-0.4, -0.2) is 41.7 Å². The lowest BCUT2D eigenvalue weighted by Gasteiger charge is -2.38. The van der Waals surface area contributed by atoms with Gasteiger partial charge in [0.25, 0.3) is 0 Å². The second-order valence-electron chi connectivity index (χ2n) is 5.05. The van der Waals surface area contributed by atoms with E-state index in [-0.39, 0.29) is 17.2 Å². The number of methoxy groups -OCH3 is 1. The van der Waals surface area contributed by atoms with Crippen LogP contribution in [0.1, 0.15) is 18.5 Å². The van der Waals surface area contributed by atoms with E-state index in [0.29, 0.717) is 17.2 Å². The molecule has 0 spiro atoms. The van der Waals surface area contributed by atoms with Crippen LogP contribution in [-0.2, 0) is 9.53 Å². The molecule has 1 fully saturated rings. The third-order valence-electron chi connectivity index (χ3n) is 3.91. The van der Waals surface area contributed by atoms with Gasteiger partial charge in [-0.1, -0.05) is 0 Å². The number of aromatic nitrogens is 2. The van der Waals surface area contributed by atoms with Crippen LogP contribution in [0.4, 0.5) is 11.5 Å². The molecule has 1 saturated carbocycles. The van der Waals surface area contributed by atoms with E-state index in [1.807, 2.05) is 11.9 Å². The molecule has 1 aliphatic heterocycles. The van der Waals surface area contributed by atoms with Gasteiger partial charge in [-0.3, -0.25) is 4.79 Å². The minimum Gasteiger partial charge on any atom is -0.376 e. The molecule has 0 radical (unpaired) electrons. The molecule has 1 aromatic heterocycles. The Balaban J connectivity index is 2.07. The molecule has 0 unspecified atom stereocenters. The summed E-state index contributed by atoms with van der Waals surface area (Å²) in [6.07, 6.45) is 1.75. The van der Waals surface area contributed by atoms with Gasteiger partial charge in [-0.25, -0.2) is 4.98 Å². The molecule has 6 nitrogen and oxygen atoms in total. The topological polar surface area (TPSA) is 67.3 Å². The lowest BCUT2D eigenvalue weighted by Crippen LogP contribution is -2.55. The number of anilines is 2. The van der Waals surface area contributed by atoms with Crippen molar-refractivity contribution in [2.45, 2.75) is 31.4 Å². The summed E-state index contributed by atoms with van der Waals surface area (Å²) in [4.78, 5) is 22.5. The first kappa shape index (κ1) is 12.6. The van der Waals surface area contributed by atoms with Gasteiger partial charge in [-0.15, -0.1) is 0 Å². The van der Waals surface area contributed by atoms with Gasteiger partial charge >= 0.3 is 0 Å². The molecule has 2 heterocycles. The number of carbonyl (C=O) groups excluding carboxylic acids is 1. The fraction of sp³-hybridized carbons (Fsp3) is 0.583. The average Bonchev–Trinajstić information content (AvgIpc) is 3.12. The molecule has 19 heavy (non-hydrogen) atoms. The van der Waals surface area contributed by atoms with Crippen molar-refractivity contribution in [1.29, 1.82) is 0 Å². The molecule has 1 atom stereocenters. The molecule has 0 aromatic carbocycles. The number of nitrogens with zero attached hydrogens (tertiary/aromatic N) is 3. The van der Waals surface area contributed by atoms with Crippen molar-refractivity contribution in [3.63, 3.8) is 0 Å². The Bertz CT molecular complexity index is 559. The Hall–Kier alpha value is -1.40. The van der Waals surface area contributed by atoms with Crippen LogP contribution >= 0.6 is 11.6 Å². The van der Waals surface area contributed by atoms with Crippen molar-refractivity contribution >= 4 is 29.0 Å². The van der Waals surface area contributed by atoms with Crippen LogP contribution in [0.3, 0.4) is 0 Å². The van der Waals surface area contributed by atoms with E-state index in [1.165, 1.54) is 0 Å². The number of aryl methyl sites for hydroxylation is 1. The highest BCUT2D eigenvalue weighted by atomic mass is 35.5. The van der Waals surface area contributed by atoms with E-state index >= 15 is 0 Å². The van der Waals surface area contributed by atoms with E-state index in [1.54, 1.807) is 14.0 Å². The van der Waals surface area contributed by atoms with Gasteiger partial charge in [0, 0.05) is 14.2 Å². The molecule has 0 saturated heterocycles. The van der Waals surface area contributed by atoms with Crippen molar-refractivity contribution in [2.24, 2.45) is 0 Å². The first-order valence-electron chi connectivity index (χ1n) is 6.11. The fourth-order valence-electron chi connectivity index (χ4n) is 2.72. The zero-order valence-electron chi connectivity index (χ0n) is 11.0. The summed E-state index contributed by atoms with van der Waals surface area (Å²) in [5.74, 6) is 0.564. The average molecular weight is 283 g/mol. The molecular weight excluding hydrogens is 268 g/mol. The molecule has 1 N–H and O–H groups in total. The van der Waals surface area contributed by atoms with E-state index in [4.69, 9.17) is 16.3 Å². The Morgan fingerprint density at radius 1 is 1.47 bits per heavy atom. The normalized spacial score (nSPS) is 23.9. The lowest BCUT2D eigenvalue weighted by atomic mass is 10.0. The van der Waals surface area contributed by atoms with Crippen LogP contribution < -0.4 is 10.2 Å². The van der Waals surface area contributed by atoms with Crippen molar-refractivity contribution < 1.29 is 9.53 Å². The Kier molecular flexibility index (Phi) is 2.69. The number of ether oxygens (including phenoxy) is 1. The summed E-state index contributed by atoms with van der Waals surface area (Å²) in [5.41, 5.74) is 0.887. The second-order valence-corrected chi connectivity index (χ2v) is 5.39. The second kappa shape index (κ2) is 4.05. The largest absolute Gasteiger partial charge is 0.376 e. The molecule has 1 amide bonds. The van der Waals surface area contributed by atoms with Crippen molar-refractivity contribution in [3.8, 4) is 0 Å². The number of hydrogen-bond acceptors (Lipinski definition) is 5. The SMILES string of the molecule is COC1([C@H]2C(=O)Nc3c(C)nc(Cl)nc3N2C)CC1. The number of nitrogens with one attached hydrogen (secondary N) is 1. The van der Waals surface area contributed by atoms with Crippen molar-refractivity contribution in [1.82, 2.24) is 9.97 Å². The predicted molar refractivity (Wildman–Crippen MR) is 71.6 cm³/mol. The Morgan fingerprint density at radius 2 is 2.16 bits per heavy atom. The summed E-state index contributed by atoms with van der Waals surface area (Å²) in [6.45, 7) is 1.80. The highest BCUT2D eigenvalue weighted by Crippen LogP contribution is 2.47. The van der Waals surface area contributed by atoms with E-state index in [0.717, 1.165) is 12.8 Å². The molecule has 7 heteroatoms. The van der Waals surface area contributed by atoms with Gasteiger partial charge in [0.05, 0.1) is 11.3 Å². The van der Waals surface area contributed by atoms with E-state index < -0.39 is 5.60 Å². The van der Waals surface area contributed by atoms with Gasteiger partial charge in [-0.05, 0) is 31.4 Å². The van der Waals surface area contributed by atoms with Crippen LogP contribution in [0.2, 0.25) is 5.28 Å². The summed E-state index contributed by atoms with van der Waals surface area (Å²) < 4.78 is 5.53. The van der Waals surface area contributed by atoms with Gasteiger partial charge < -0.3 is 15.0 Å². The minimum absolute atomic E-state index is 0.0802. The number of fused-ring (bicyclic) bond motifs is 1. The summed E-state index contributed by atoms with van der Waals surface area (Å²) in [7, 11) is 3.48. The zero-order chi connectivity index (χ0) is 13.8. The third kappa shape index (κ3) is 1.78. The first-order chi connectivity index (χ1) is 8.98. The number of hydrogen-bond donors (Lipinski definition) is 1. The molecule has 1 aromatic rings. The van der Waals surface area contributed by atoms with E-state index in [9.17, 15) is 4.79 Å². The first-order valence-corrected chi connectivity index (χ1v) is 6.49.